The van der Waals surface area contributed by atoms with Crippen LogP contribution in [0.5, 0.6) is 0 Å². The summed E-state index contributed by atoms with van der Waals surface area (Å²) in [6, 6.07) is 6.98. The van der Waals surface area contributed by atoms with Crippen LogP contribution >= 0.6 is 0 Å². The molecule has 1 amide bonds. The van der Waals surface area contributed by atoms with Crippen molar-refractivity contribution in [2.24, 2.45) is 0 Å². The van der Waals surface area contributed by atoms with Crippen LogP contribution < -0.4 is 5.32 Å². The average Bonchev–Trinajstić information content (AvgIpc) is 2.26. The smallest absolute Gasteiger partial charge is 0.292 e. The molecular formula is C12H15NO2. The van der Waals surface area contributed by atoms with Gasteiger partial charge in [0.15, 0.2) is 0 Å². The zero-order valence-electron chi connectivity index (χ0n) is 9.04. The molecule has 15 heavy (non-hydrogen) atoms. The third-order valence-electron chi connectivity index (χ3n) is 2.06. The van der Waals surface area contributed by atoms with Crippen LogP contribution in [0.1, 0.15) is 29.3 Å². The van der Waals surface area contributed by atoms with Crippen LogP contribution in [0.25, 0.3) is 0 Å². The number of carbonyl (C=O) groups excluding carboxylic acids is 2. The second-order valence-electron chi connectivity index (χ2n) is 3.45. The fourth-order valence-corrected chi connectivity index (χ4v) is 1.15. The third kappa shape index (κ3) is 3.20. The Bertz CT molecular complexity index is 354. The molecule has 0 bridgehead atoms. The molecule has 80 valence electrons. The highest BCUT2D eigenvalue weighted by Crippen LogP contribution is 2.03. The molecule has 1 N–H and O–H groups in total. The van der Waals surface area contributed by atoms with E-state index < -0.39 is 11.7 Å². The van der Waals surface area contributed by atoms with Gasteiger partial charge in [-0.3, -0.25) is 9.59 Å². The van der Waals surface area contributed by atoms with Crippen LogP contribution in [-0.2, 0) is 4.79 Å². The Balaban J connectivity index is 2.68. The summed E-state index contributed by atoms with van der Waals surface area (Å²) in [7, 11) is 0. The summed E-state index contributed by atoms with van der Waals surface area (Å²) >= 11 is 0. The molecule has 0 saturated heterocycles. The van der Waals surface area contributed by atoms with Gasteiger partial charge in [0.1, 0.15) is 0 Å². The van der Waals surface area contributed by atoms with Crippen molar-refractivity contribution in [1.29, 1.82) is 0 Å². The highest BCUT2D eigenvalue weighted by Gasteiger charge is 2.14. The van der Waals surface area contributed by atoms with E-state index in [0.29, 0.717) is 12.1 Å². The maximum absolute atomic E-state index is 11.5. The lowest BCUT2D eigenvalue weighted by molar-refractivity contribution is -0.116. The van der Waals surface area contributed by atoms with Gasteiger partial charge in [0, 0.05) is 12.1 Å². The summed E-state index contributed by atoms with van der Waals surface area (Å²) in [4.78, 5) is 22.9. The number of ketones is 1. The van der Waals surface area contributed by atoms with Crippen LogP contribution in [0.15, 0.2) is 24.3 Å². The fourth-order valence-electron chi connectivity index (χ4n) is 1.15. The van der Waals surface area contributed by atoms with Gasteiger partial charge < -0.3 is 5.32 Å². The SMILES string of the molecule is CCCNC(=O)C(=O)c1ccc(C)cc1. The van der Waals surface area contributed by atoms with Crippen molar-refractivity contribution in [2.75, 3.05) is 6.54 Å². The van der Waals surface area contributed by atoms with Gasteiger partial charge in [-0.1, -0.05) is 36.8 Å². The molecule has 0 aliphatic heterocycles. The van der Waals surface area contributed by atoms with Crippen LogP contribution in [0.2, 0.25) is 0 Å². The molecule has 0 fully saturated rings. The summed E-state index contributed by atoms with van der Waals surface area (Å²) in [5.74, 6) is -0.996. The minimum absolute atomic E-state index is 0.439. The molecule has 1 rings (SSSR count). The predicted octanol–water partition coefficient (Wildman–Crippen LogP) is 1.70. The minimum atomic E-state index is -0.527. The molecule has 0 unspecified atom stereocenters. The van der Waals surface area contributed by atoms with Crippen LogP contribution in [0.4, 0.5) is 0 Å². The van der Waals surface area contributed by atoms with E-state index in [-0.39, 0.29) is 0 Å². The molecule has 1 aromatic rings. The van der Waals surface area contributed by atoms with Crippen molar-refractivity contribution in [2.45, 2.75) is 20.3 Å². The highest BCUT2D eigenvalue weighted by molar-refractivity contribution is 6.42. The van der Waals surface area contributed by atoms with E-state index in [1.165, 1.54) is 0 Å². The van der Waals surface area contributed by atoms with Crippen molar-refractivity contribution < 1.29 is 9.59 Å². The molecule has 0 atom stereocenters. The Morgan fingerprint density at radius 2 is 1.80 bits per heavy atom. The number of rotatable bonds is 4. The number of hydrogen-bond acceptors (Lipinski definition) is 2. The number of amides is 1. The Labute approximate surface area is 89.5 Å². The van der Waals surface area contributed by atoms with Gasteiger partial charge in [-0.25, -0.2) is 0 Å². The lowest BCUT2D eigenvalue weighted by Gasteiger charge is -2.02. The monoisotopic (exact) mass is 205 g/mol. The average molecular weight is 205 g/mol. The summed E-state index contributed by atoms with van der Waals surface area (Å²) in [5, 5.41) is 2.56. The zero-order valence-corrected chi connectivity index (χ0v) is 9.04. The third-order valence-corrected chi connectivity index (χ3v) is 2.06. The number of aryl methyl sites for hydroxylation is 1. The van der Waals surface area contributed by atoms with E-state index in [4.69, 9.17) is 0 Å². The van der Waals surface area contributed by atoms with Crippen molar-refractivity contribution in [3.8, 4) is 0 Å². The largest absolute Gasteiger partial charge is 0.349 e. The first-order chi connectivity index (χ1) is 7.15. The maximum atomic E-state index is 11.5. The van der Waals surface area contributed by atoms with E-state index in [1.807, 2.05) is 26.0 Å². The second kappa shape index (κ2) is 5.29. The van der Waals surface area contributed by atoms with Gasteiger partial charge in [-0.05, 0) is 13.3 Å². The van der Waals surface area contributed by atoms with E-state index in [1.54, 1.807) is 12.1 Å². The first-order valence-electron chi connectivity index (χ1n) is 5.04. The molecule has 0 radical (unpaired) electrons. The first kappa shape index (κ1) is 11.4. The van der Waals surface area contributed by atoms with E-state index in [2.05, 4.69) is 5.32 Å². The quantitative estimate of drug-likeness (QED) is 0.600. The standard InChI is InChI=1S/C12H15NO2/c1-3-8-13-12(15)11(14)10-6-4-9(2)5-7-10/h4-7H,3,8H2,1-2H3,(H,13,15). The van der Waals surface area contributed by atoms with Gasteiger partial charge >= 0.3 is 0 Å². The number of carbonyl (C=O) groups is 2. The summed E-state index contributed by atoms with van der Waals surface area (Å²) in [6.07, 6.45) is 0.826. The topological polar surface area (TPSA) is 46.2 Å². The Kier molecular flexibility index (Phi) is 4.03. The van der Waals surface area contributed by atoms with Gasteiger partial charge in [0.2, 0.25) is 5.78 Å². The van der Waals surface area contributed by atoms with Crippen LogP contribution in [-0.4, -0.2) is 18.2 Å². The van der Waals surface area contributed by atoms with Crippen molar-refractivity contribution >= 4 is 11.7 Å². The molecule has 3 nitrogen and oxygen atoms in total. The maximum Gasteiger partial charge on any atom is 0.292 e. The number of hydrogen-bond donors (Lipinski definition) is 1. The predicted molar refractivity (Wildman–Crippen MR) is 58.8 cm³/mol. The Morgan fingerprint density at radius 3 is 2.33 bits per heavy atom. The van der Waals surface area contributed by atoms with Crippen molar-refractivity contribution in [3.05, 3.63) is 35.4 Å². The molecule has 0 aliphatic carbocycles. The number of Topliss-reactive ketones (excluding diaryl/α,β-unsaturated/α-hetero) is 1. The highest BCUT2D eigenvalue weighted by atomic mass is 16.2. The lowest BCUT2D eigenvalue weighted by Crippen LogP contribution is -2.31. The molecule has 1 aromatic carbocycles. The Morgan fingerprint density at radius 1 is 1.20 bits per heavy atom. The van der Waals surface area contributed by atoms with Crippen LogP contribution in [0, 0.1) is 6.92 Å². The normalized spacial score (nSPS) is 9.73. The van der Waals surface area contributed by atoms with Gasteiger partial charge in [-0.2, -0.15) is 0 Å². The Hall–Kier alpha value is -1.64. The van der Waals surface area contributed by atoms with Crippen LogP contribution in [0.3, 0.4) is 0 Å². The lowest BCUT2D eigenvalue weighted by atomic mass is 10.1. The van der Waals surface area contributed by atoms with Gasteiger partial charge in [0.25, 0.3) is 5.91 Å². The minimum Gasteiger partial charge on any atom is -0.349 e. The number of nitrogens with one attached hydrogen (secondary N) is 1. The molecule has 3 heteroatoms. The molecule has 0 spiro atoms. The van der Waals surface area contributed by atoms with E-state index in [0.717, 1.165) is 12.0 Å². The number of benzene rings is 1. The summed E-state index contributed by atoms with van der Waals surface area (Å²) in [5.41, 5.74) is 1.51. The summed E-state index contributed by atoms with van der Waals surface area (Å²) in [6.45, 7) is 4.42. The van der Waals surface area contributed by atoms with Gasteiger partial charge in [0.05, 0.1) is 0 Å². The first-order valence-corrected chi connectivity index (χ1v) is 5.04. The van der Waals surface area contributed by atoms with Crippen molar-refractivity contribution in [1.82, 2.24) is 5.32 Å². The molecular weight excluding hydrogens is 190 g/mol. The van der Waals surface area contributed by atoms with Crippen molar-refractivity contribution in [3.63, 3.8) is 0 Å². The molecule has 0 heterocycles. The fraction of sp³-hybridized carbons (Fsp3) is 0.333. The zero-order chi connectivity index (χ0) is 11.3. The second-order valence-corrected chi connectivity index (χ2v) is 3.45. The molecule has 0 aliphatic rings. The summed E-state index contributed by atoms with van der Waals surface area (Å²) < 4.78 is 0. The molecule has 0 aromatic heterocycles. The van der Waals surface area contributed by atoms with E-state index in [9.17, 15) is 9.59 Å². The molecule has 0 saturated carbocycles. The van der Waals surface area contributed by atoms with E-state index >= 15 is 0 Å². The van der Waals surface area contributed by atoms with Gasteiger partial charge in [-0.15, -0.1) is 0 Å².